The van der Waals surface area contributed by atoms with Crippen LogP contribution in [0.2, 0.25) is 0 Å². The summed E-state index contributed by atoms with van der Waals surface area (Å²) in [7, 11) is 0. The quantitative estimate of drug-likeness (QED) is 0.323. The lowest BCUT2D eigenvalue weighted by atomic mass is 9.98. The highest BCUT2D eigenvalue weighted by Crippen LogP contribution is 2.30. The molecule has 1 heterocycles. The van der Waals surface area contributed by atoms with Gasteiger partial charge in [0.25, 0.3) is 0 Å². The van der Waals surface area contributed by atoms with Crippen LogP contribution in [0.3, 0.4) is 0 Å². The molecule has 0 aliphatic carbocycles. The number of carboxylic acid groups (broad SMARTS) is 1. The van der Waals surface area contributed by atoms with Gasteiger partial charge in [-0.25, -0.2) is 9.18 Å². The van der Waals surface area contributed by atoms with Crippen LogP contribution in [0, 0.1) is 5.82 Å². The summed E-state index contributed by atoms with van der Waals surface area (Å²) in [4.78, 5) is 22.9. The summed E-state index contributed by atoms with van der Waals surface area (Å²) in [6.07, 6.45) is -8.41. The van der Waals surface area contributed by atoms with Gasteiger partial charge in [0.05, 0.1) is 11.4 Å². The molecule has 3 rings (SSSR count). The van der Waals surface area contributed by atoms with E-state index >= 15 is 0 Å². The molecule has 32 heavy (non-hydrogen) atoms. The third-order valence-electron chi connectivity index (χ3n) is 4.89. The van der Waals surface area contributed by atoms with E-state index in [0.29, 0.717) is 17.9 Å². The van der Waals surface area contributed by atoms with Crippen molar-refractivity contribution in [3.05, 3.63) is 53.8 Å². The molecule has 2 aromatic rings. The summed E-state index contributed by atoms with van der Waals surface area (Å²) in [5.41, 5.74) is 1.99. The topological polar surface area (TPSA) is 160 Å². The Morgan fingerprint density at radius 2 is 1.69 bits per heavy atom. The van der Waals surface area contributed by atoms with Crippen molar-refractivity contribution in [2.45, 2.75) is 44.1 Å². The lowest BCUT2D eigenvalue weighted by Gasteiger charge is -2.39. The van der Waals surface area contributed by atoms with Gasteiger partial charge in [-0.05, 0) is 35.9 Å². The van der Waals surface area contributed by atoms with E-state index in [1.54, 1.807) is 30.3 Å². The van der Waals surface area contributed by atoms with Crippen molar-refractivity contribution < 1.29 is 39.1 Å². The van der Waals surface area contributed by atoms with E-state index in [1.807, 2.05) is 0 Å². The zero-order valence-electron chi connectivity index (χ0n) is 17.0. The van der Waals surface area contributed by atoms with Crippen molar-refractivity contribution >= 4 is 28.9 Å². The number of carboxylic acids is 1. The van der Waals surface area contributed by atoms with E-state index in [9.17, 15) is 34.4 Å². The molecule has 0 bridgehead atoms. The van der Waals surface area contributed by atoms with Crippen molar-refractivity contribution in [2.75, 3.05) is 16.0 Å². The molecule has 1 fully saturated rings. The highest BCUT2D eigenvalue weighted by atomic mass is 19.1. The van der Waals surface area contributed by atoms with Gasteiger partial charge in [0.2, 0.25) is 5.91 Å². The van der Waals surface area contributed by atoms with E-state index < -0.39 is 36.6 Å². The maximum atomic E-state index is 13.1. The number of ether oxygens (including phenoxy) is 1. The largest absolute Gasteiger partial charge is 0.479 e. The Kier molecular flexibility index (Phi) is 7.26. The SMILES string of the molecule is CC(=O)Nc1ccc(NCc2ccc(F)cc2)cc1NC1OC(C(=O)O)C(O)C(O)C1O. The molecule has 5 unspecified atom stereocenters. The predicted octanol–water partition coefficient (Wildman–Crippen LogP) is 0.700. The Balaban J connectivity index is 1.82. The van der Waals surface area contributed by atoms with Gasteiger partial charge in [0.1, 0.15) is 24.1 Å². The van der Waals surface area contributed by atoms with Crippen LogP contribution < -0.4 is 16.0 Å². The lowest BCUT2D eigenvalue weighted by Crippen LogP contribution is -2.61. The average molecular weight is 449 g/mol. The zero-order valence-corrected chi connectivity index (χ0v) is 17.0. The van der Waals surface area contributed by atoms with Gasteiger partial charge in [-0.3, -0.25) is 4.79 Å². The Bertz CT molecular complexity index is 972. The first-order chi connectivity index (χ1) is 15.2. The monoisotopic (exact) mass is 449 g/mol. The number of benzene rings is 2. The molecule has 0 spiro atoms. The van der Waals surface area contributed by atoms with Crippen LogP contribution in [-0.4, -0.2) is 62.9 Å². The Morgan fingerprint density at radius 3 is 2.31 bits per heavy atom. The summed E-state index contributed by atoms with van der Waals surface area (Å²) in [5.74, 6) is -2.23. The Hall–Kier alpha value is -3.25. The van der Waals surface area contributed by atoms with Crippen LogP contribution in [0.1, 0.15) is 12.5 Å². The molecule has 2 aromatic carbocycles. The van der Waals surface area contributed by atoms with E-state index in [1.165, 1.54) is 19.1 Å². The van der Waals surface area contributed by atoms with Crippen molar-refractivity contribution in [1.82, 2.24) is 0 Å². The highest BCUT2D eigenvalue weighted by molar-refractivity contribution is 5.93. The molecule has 1 saturated heterocycles. The van der Waals surface area contributed by atoms with Crippen molar-refractivity contribution in [3.8, 4) is 0 Å². The van der Waals surface area contributed by atoms with Crippen LogP contribution in [0.25, 0.3) is 0 Å². The minimum absolute atomic E-state index is 0.265. The van der Waals surface area contributed by atoms with Gasteiger partial charge in [0, 0.05) is 19.2 Å². The number of hydrogen-bond acceptors (Lipinski definition) is 8. The smallest absolute Gasteiger partial charge is 0.335 e. The molecule has 1 amide bonds. The van der Waals surface area contributed by atoms with Gasteiger partial charge in [-0.1, -0.05) is 12.1 Å². The van der Waals surface area contributed by atoms with E-state index in [0.717, 1.165) is 5.56 Å². The van der Waals surface area contributed by atoms with Crippen LogP contribution in [0.4, 0.5) is 21.5 Å². The fourth-order valence-electron chi connectivity index (χ4n) is 3.23. The number of nitrogens with one attached hydrogen (secondary N) is 3. The number of aliphatic hydroxyl groups excluding tert-OH is 3. The minimum Gasteiger partial charge on any atom is -0.479 e. The second-order valence-corrected chi connectivity index (χ2v) is 7.35. The van der Waals surface area contributed by atoms with Gasteiger partial charge < -0.3 is 41.1 Å². The zero-order chi connectivity index (χ0) is 23.4. The van der Waals surface area contributed by atoms with Crippen LogP contribution in [0.15, 0.2) is 42.5 Å². The first kappa shape index (κ1) is 23.4. The molecule has 10 nitrogen and oxygen atoms in total. The summed E-state index contributed by atoms with van der Waals surface area (Å²) in [6, 6.07) is 10.8. The third-order valence-corrected chi connectivity index (χ3v) is 4.89. The summed E-state index contributed by atoms with van der Waals surface area (Å²) in [5, 5.41) is 47.8. The fraction of sp³-hybridized carbons (Fsp3) is 0.333. The second kappa shape index (κ2) is 9.92. The van der Waals surface area contributed by atoms with Gasteiger partial charge in [-0.2, -0.15) is 0 Å². The van der Waals surface area contributed by atoms with E-state index in [4.69, 9.17) is 4.74 Å². The normalized spacial score (nSPS) is 25.1. The molecular formula is C21H24FN3O7. The number of halogens is 1. The van der Waals surface area contributed by atoms with Gasteiger partial charge >= 0.3 is 5.97 Å². The molecule has 7 N–H and O–H groups in total. The molecule has 0 saturated carbocycles. The van der Waals surface area contributed by atoms with Gasteiger partial charge in [-0.15, -0.1) is 0 Å². The fourth-order valence-corrected chi connectivity index (χ4v) is 3.23. The lowest BCUT2D eigenvalue weighted by molar-refractivity contribution is -0.221. The molecule has 0 aromatic heterocycles. The highest BCUT2D eigenvalue weighted by Gasteiger charge is 2.47. The van der Waals surface area contributed by atoms with E-state index in [-0.39, 0.29) is 17.4 Å². The van der Waals surface area contributed by atoms with Gasteiger partial charge in [0.15, 0.2) is 12.3 Å². The number of hydrogen-bond donors (Lipinski definition) is 7. The summed E-state index contributed by atoms with van der Waals surface area (Å²) in [6.45, 7) is 1.67. The maximum Gasteiger partial charge on any atom is 0.335 e. The number of carbonyl (C=O) groups is 2. The molecule has 11 heteroatoms. The first-order valence-corrected chi connectivity index (χ1v) is 9.74. The molecular weight excluding hydrogens is 425 g/mol. The predicted molar refractivity (Wildman–Crippen MR) is 112 cm³/mol. The van der Waals surface area contributed by atoms with Crippen LogP contribution in [-0.2, 0) is 20.9 Å². The number of rotatable bonds is 7. The minimum atomic E-state index is -1.82. The maximum absolute atomic E-state index is 13.1. The van der Waals surface area contributed by atoms with Crippen LogP contribution in [0.5, 0.6) is 0 Å². The molecule has 5 atom stereocenters. The number of aliphatic hydroxyl groups is 3. The van der Waals surface area contributed by atoms with Crippen molar-refractivity contribution in [1.29, 1.82) is 0 Å². The molecule has 0 radical (unpaired) electrons. The first-order valence-electron chi connectivity index (χ1n) is 9.74. The average Bonchev–Trinajstić information content (AvgIpc) is 2.74. The van der Waals surface area contributed by atoms with Crippen LogP contribution >= 0.6 is 0 Å². The second-order valence-electron chi connectivity index (χ2n) is 7.35. The molecule has 1 aliphatic heterocycles. The Morgan fingerprint density at radius 1 is 1.00 bits per heavy atom. The Labute approximate surface area is 182 Å². The standard InChI is InChI=1S/C21H24FN3O7/c1-10(26)24-14-7-6-13(23-9-11-2-4-12(22)5-3-11)8-15(14)25-20-18(29)16(27)17(28)19(32-20)21(30)31/h2-8,16-20,23,25,27-29H,9H2,1H3,(H,24,26)(H,30,31). The van der Waals surface area contributed by atoms with Crippen molar-refractivity contribution in [2.24, 2.45) is 0 Å². The van der Waals surface area contributed by atoms with Crippen molar-refractivity contribution in [3.63, 3.8) is 0 Å². The number of amides is 1. The van der Waals surface area contributed by atoms with E-state index in [2.05, 4.69) is 16.0 Å². The third kappa shape index (κ3) is 5.51. The molecule has 172 valence electrons. The number of anilines is 3. The summed E-state index contributed by atoms with van der Waals surface area (Å²) >= 11 is 0. The number of aliphatic carboxylic acids is 1. The number of carbonyl (C=O) groups excluding carboxylic acids is 1. The summed E-state index contributed by atoms with van der Waals surface area (Å²) < 4.78 is 18.3. The molecule has 1 aliphatic rings.